The second kappa shape index (κ2) is 6.96. The number of halogens is 2. The fraction of sp³-hybridized carbons (Fsp3) is 0.316. The molecule has 2 aromatic carbocycles. The summed E-state index contributed by atoms with van der Waals surface area (Å²) in [6.07, 6.45) is 0. The second-order valence-electron chi connectivity index (χ2n) is 6.28. The van der Waals surface area contributed by atoms with Crippen molar-refractivity contribution in [1.29, 1.82) is 0 Å². The summed E-state index contributed by atoms with van der Waals surface area (Å²) < 4.78 is 7.43. The van der Waals surface area contributed by atoms with E-state index in [0.717, 1.165) is 54.9 Å². The lowest BCUT2D eigenvalue weighted by atomic mass is 10.0. The first kappa shape index (κ1) is 16.9. The molecule has 130 valence electrons. The van der Waals surface area contributed by atoms with Gasteiger partial charge in [-0.15, -0.1) is 0 Å². The van der Waals surface area contributed by atoms with Gasteiger partial charge in [-0.1, -0.05) is 47.5 Å². The number of hydrogen-bond acceptors (Lipinski definition) is 3. The van der Waals surface area contributed by atoms with Gasteiger partial charge in [0.05, 0.1) is 18.9 Å². The highest BCUT2D eigenvalue weighted by atomic mass is 35.5. The van der Waals surface area contributed by atoms with Crippen LogP contribution in [-0.4, -0.2) is 41.0 Å². The van der Waals surface area contributed by atoms with Gasteiger partial charge in [-0.2, -0.15) is 5.10 Å². The Balaban J connectivity index is 1.79. The van der Waals surface area contributed by atoms with Crippen molar-refractivity contribution < 1.29 is 4.74 Å². The van der Waals surface area contributed by atoms with Crippen LogP contribution in [0.15, 0.2) is 36.4 Å². The summed E-state index contributed by atoms with van der Waals surface area (Å²) in [5.74, 6) is 0. The minimum absolute atomic E-state index is 0.634. The van der Waals surface area contributed by atoms with Crippen LogP contribution in [-0.2, 0) is 18.3 Å². The first-order chi connectivity index (χ1) is 12.1. The third-order valence-electron chi connectivity index (χ3n) is 4.69. The number of morpholine rings is 1. The lowest BCUT2D eigenvalue weighted by Crippen LogP contribution is -2.36. The Bertz CT molecular complexity index is 916. The predicted molar refractivity (Wildman–Crippen MR) is 102 cm³/mol. The van der Waals surface area contributed by atoms with Crippen molar-refractivity contribution in [2.24, 2.45) is 7.05 Å². The molecule has 1 aliphatic heterocycles. The van der Waals surface area contributed by atoms with Crippen LogP contribution in [0.4, 0.5) is 0 Å². The lowest BCUT2D eigenvalue weighted by molar-refractivity contribution is 0.0333. The Kier molecular flexibility index (Phi) is 4.69. The molecule has 1 aromatic heterocycles. The standard InChI is InChI=1S/C19H19Cl2N3O/c1-23-18(12-24-7-9-25-10-8-24)16-4-2-3-15(19(16)22-23)14-6-5-13(20)11-17(14)21/h2-6,11H,7-10,12H2,1H3. The van der Waals surface area contributed by atoms with E-state index in [0.29, 0.717) is 10.0 Å². The zero-order valence-electron chi connectivity index (χ0n) is 14.0. The summed E-state index contributed by atoms with van der Waals surface area (Å²) in [5, 5.41) is 7.22. The molecule has 0 bridgehead atoms. The van der Waals surface area contributed by atoms with Gasteiger partial charge < -0.3 is 4.74 Å². The van der Waals surface area contributed by atoms with Crippen molar-refractivity contribution >= 4 is 34.1 Å². The number of nitrogens with zero attached hydrogens (tertiary/aromatic N) is 3. The van der Waals surface area contributed by atoms with Crippen LogP contribution in [0.2, 0.25) is 10.0 Å². The van der Waals surface area contributed by atoms with Gasteiger partial charge in [0.25, 0.3) is 0 Å². The maximum absolute atomic E-state index is 6.43. The molecular weight excluding hydrogens is 357 g/mol. The maximum Gasteiger partial charge on any atom is 0.100 e. The highest BCUT2D eigenvalue weighted by Gasteiger charge is 2.18. The molecule has 0 N–H and O–H groups in total. The average Bonchev–Trinajstić information content (AvgIpc) is 2.92. The quantitative estimate of drug-likeness (QED) is 0.680. The second-order valence-corrected chi connectivity index (χ2v) is 7.13. The largest absolute Gasteiger partial charge is 0.379 e. The minimum atomic E-state index is 0.634. The molecule has 0 atom stereocenters. The summed E-state index contributed by atoms with van der Waals surface area (Å²) in [4.78, 5) is 2.40. The molecule has 1 aliphatic rings. The van der Waals surface area contributed by atoms with Crippen molar-refractivity contribution in [2.75, 3.05) is 26.3 Å². The van der Waals surface area contributed by atoms with Crippen LogP contribution >= 0.6 is 23.2 Å². The molecular formula is C19H19Cl2N3O. The van der Waals surface area contributed by atoms with Crippen molar-refractivity contribution in [1.82, 2.24) is 14.7 Å². The molecule has 0 unspecified atom stereocenters. The number of aryl methyl sites for hydroxylation is 1. The summed E-state index contributed by atoms with van der Waals surface area (Å²) in [6, 6.07) is 11.8. The van der Waals surface area contributed by atoms with E-state index in [2.05, 4.69) is 23.1 Å². The van der Waals surface area contributed by atoms with E-state index in [4.69, 9.17) is 33.0 Å². The molecule has 3 aromatic rings. The van der Waals surface area contributed by atoms with E-state index < -0.39 is 0 Å². The molecule has 1 fully saturated rings. The van der Waals surface area contributed by atoms with Crippen molar-refractivity contribution in [3.63, 3.8) is 0 Å². The van der Waals surface area contributed by atoms with Gasteiger partial charge in [0.1, 0.15) is 5.52 Å². The van der Waals surface area contributed by atoms with Crippen LogP contribution in [0.25, 0.3) is 22.0 Å². The summed E-state index contributed by atoms with van der Waals surface area (Å²) in [7, 11) is 2.00. The smallest absolute Gasteiger partial charge is 0.100 e. The SMILES string of the molecule is Cn1nc2c(-c3ccc(Cl)cc3Cl)cccc2c1CN1CCOCC1. The normalized spacial score (nSPS) is 15.8. The lowest BCUT2D eigenvalue weighted by Gasteiger charge is -2.26. The third-order valence-corrected chi connectivity index (χ3v) is 5.23. The number of ether oxygens (including phenoxy) is 1. The molecule has 1 saturated heterocycles. The number of rotatable bonds is 3. The van der Waals surface area contributed by atoms with Crippen LogP contribution in [0, 0.1) is 0 Å². The Hall–Kier alpha value is -1.59. The van der Waals surface area contributed by atoms with E-state index in [9.17, 15) is 0 Å². The van der Waals surface area contributed by atoms with Crippen LogP contribution in [0.3, 0.4) is 0 Å². The summed E-state index contributed by atoms with van der Waals surface area (Å²) >= 11 is 12.5. The summed E-state index contributed by atoms with van der Waals surface area (Å²) in [5.41, 5.74) is 4.16. The third kappa shape index (κ3) is 3.27. The summed E-state index contributed by atoms with van der Waals surface area (Å²) in [6.45, 7) is 4.36. The number of hydrogen-bond donors (Lipinski definition) is 0. The Labute approximate surface area is 156 Å². The zero-order valence-corrected chi connectivity index (χ0v) is 15.5. The van der Waals surface area contributed by atoms with Gasteiger partial charge in [0, 0.05) is 53.2 Å². The number of fused-ring (bicyclic) bond motifs is 1. The van der Waals surface area contributed by atoms with Gasteiger partial charge in [-0.3, -0.25) is 9.58 Å². The topological polar surface area (TPSA) is 30.3 Å². The first-order valence-electron chi connectivity index (χ1n) is 8.33. The highest BCUT2D eigenvalue weighted by molar-refractivity contribution is 6.36. The fourth-order valence-electron chi connectivity index (χ4n) is 3.35. The van der Waals surface area contributed by atoms with Crippen molar-refractivity contribution in [2.45, 2.75) is 6.54 Å². The Morgan fingerprint density at radius 3 is 2.64 bits per heavy atom. The molecule has 0 saturated carbocycles. The van der Waals surface area contributed by atoms with Gasteiger partial charge >= 0.3 is 0 Å². The average molecular weight is 376 g/mol. The van der Waals surface area contributed by atoms with E-state index in [1.54, 1.807) is 6.07 Å². The predicted octanol–water partition coefficient (Wildman–Crippen LogP) is 4.38. The Morgan fingerprint density at radius 1 is 1.08 bits per heavy atom. The molecule has 4 rings (SSSR count). The number of benzene rings is 2. The molecule has 0 amide bonds. The van der Waals surface area contributed by atoms with Gasteiger partial charge in [0.15, 0.2) is 0 Å². The van der Waals surface area contributed by atoms with Crippen molar-refractivity contribution in [3.05, 3.63) is 52.1 Å². The van der Waals surface area contributed by atoms with E-state index in [1.807, 2.05) is 23.9 Å². The molecule has 0 aliphatic carbocycles. The van der Waals surface area contributed by atoms with Gasteiger partial charge in [-0.25, -0.2) is 0 Å². The monoisotopic (exact) mass is 375 g/mol. The molecule has 4 nitrogen and oxygen atoms in total. The zero-order chi connectivity index (χ0) is 17.4. The first-order valence-corrected chi connectivity index (χ1v) is 9.09. The van der Waals surface area contributed by atoms with Crippen LogP contribution in [0.5, 0.6) is 0 Å². The van der Waals surface area contributed by atoms with Gasteiger partial charge in [0.2, 0.25) is 0 Å². The van der Waals surface area contributed by atoms with Crippen LogP contribution < -0.4 is 0 Å². The molecule has 0 radical (unpaired) electrons. The van der Waals surface area contributed by atoms with E-state index in [-0.39, 0.29) is 0 Å². The van der Waals surface area contributed by atoms with Gasteiger partial charge in [-0.05, 0) is 12.1 Å². The van der Waals surface area contributed by atoms with Crippen molar-refractivity contribution in [3.8, 4) is 11.1 Å². The Morgan fingerprint density at radius 2 is 1.88 bits per heavy atom. The number of aromatic nitrogens is 2. The highest BCUT2D eigenvalue weighted by Crippen LogP contribution is 2.35. The maximum atomic E-state index is 6.43. The van der Waals surface area contributed by atoms with E-state index in [1.165, 1.54) is 5.69 Å². The molecule has 6 heteroatoms. The molecule has 25 heavy (non-hydrogen) atoms. The van der Waals surface area contributed by atoms with E-state index >= 15 is 0 Å². The molecule has 0 spiro atoms. The van der Waals surface area contributed by atoms with Crippen LogP contribution in [0.1, 0.15) is 5.69 Å². The fourth-order valence-corrected chi connectivity index (χ4v) is 3.86. The molecule has 2 heterocycles. The minimum Gasteiger partial charge on any atom is -0.379 e.